The number of hydrogen-bond acceptors (Lipinski definition) is 3. The Kier molecular flexibility index (Phi) is 5.08. The van der Waals surface area contributed by atoms with Crippen LogP contribution in [0, 0.1) is 0 Å². The summed E-state index contributed by atoms with van der Waals surface area (Å²) in [5.74, 6) is 1.00. The van der Waals surface area contributed by atoms with Gasteiger partial charge in [0.15, 0.2) is 0 Å². The second-order valence-electron chi connectivity index (χ2n) is 4.62. The van der Waals surface area contributed by atoms with Gasteiger partial charge in [-0.1, -0.05) is 18.6 Å². The number of carbonyl (C=O) groups is 1. The monoisotopic (exact) mass is 264 g/mol. The van der Waals surface area contributed by atoms with Crippen molar-refractivity contribution in [3.8, 4) is 0 Å². The van der Waals surface area contributed by atoms with E-state index in [0.29, 0.717) is 0 Å². The van der Waals surface area contributed by atoms with Gasteiger partial charge in [0.2, 0.25) is 0 Å². The van der Waals surface area contributed by atoms with E-state index >= 15 is 0 Å². The Labute approximate surface area is 113 Å². The van der Waals surface area contributed by atoms with E-state index in [4.69, 9.17) is 0 Å². The molecule has 0 unspecified atom stereocenters. The number of benzene rings is 1. The van der Waals surface area contributed by atoms with Gasteiger partial charge in [-0.05, 0) is 36.8 Å². The van der Waals surface area contributed by atoms with Crippen LogP contribution in [0.1, 0.15) is 35.2 Å². The molecule has 4 heteroatoms. The molecule has 1 aliphatic rings. The molecule has 0 bridgehead atoms. The number of hydrazine groups is 1. The maximum absolute atomic E-state index is 12.0. The highest BCUT2D eigenvalue weighted by atomic mass is 32.2. The smallest absolute Gasteiger partial charge is 0.265 e. The van der Waals surface area contributed by atoms with Gasteiger partial charge in [0.05, 0.1) is 0 Å². The van der Waals surface area contributed by atoms with Crippen LogP contribution in [0.5, 0.6) is 0 Å². The summed E-state index contributed by atoms with van der Waals surface area (Å²) in [5, 5.41) is 2.03. The van der Waals surface area contributed by atoms with Crippen molar-refractivity contribution in [2.45, 2.75) is 25.0 Å². The summed E-state index contributed by atoms with van der Waals surface area (Å²) >= 11 is 1.79. The molecule has 18 heavy (non-hydrogen) atoms. The molecule has 0 atom stereocenters. The van der Waals surface area contributed by atoms with Gasteiger partial charge in [0.25, 0.3) is 5.91 Å². The summed E-state index contributed by atoms with van der Waals surface area (Å²) in [6, 6.07) is 7.87. The maximum atomic E-state index is 12.0. The number of thioether (sulfide) groups is 1. The van der Waals surface area contributed by atoms with E-state index in [1.54, 1.807) is 11.8 Å². The van der Waals surface area contributed by atoms with E-state index in [1.807, 2.05) is 29.3 Å². The lowest BCUT2D eigenvalue weighted by atomic mass is 10.1. The van der Waals surface area contributed by atoms with Gasteiger partial charge in [-0.15, -0.1) is 0 Å². The van der Waals surface area contributed by atoms with E-state index in [1.165, 1.54) is 24.8 Å². The van der Waals surface area contributed by atoms with Gasteiger partial charge in [0, 0.05) is 24.4 Å². The minimum Gasteiger partial charge on any atom is -0.285 e. The SMILES string of the molecule is CSCc1ccc(C(=O)NN2CCCCC2)cc1. The predicted octanol–water partition coefficient (Wildman–Crippen LogP) is 2.68. The molecule has 1 saturated heterocycles. The molecule has 0 saturated carbocycles. The van der Waals surface area contributed by atoms with Crippen molar-refractivity contribution < 1.29 is 4.79 Å². The number of rotatable bonds is 4. The molecule has 1 N–H and O–H groups in total. The van der Waals surface area contributed by atoms with Gasteiger partial charge < -0.3 is 0 Å². The normalized spacial score (nSPS) is 16.5. The van der Waals surface area contributed by atoms with Gasteiger partial charge in [0.1, 0.15) is 0 Å². The molecule has 0 aromatic heterocycles. The fourth-order valence-electron chi connectivity index (χ4n) is 2.13. The van der Waals surface area contributed by atoms with Crippen LogP contribution >= 0.6 is 11.8 Å². The van der Waals surface area contributed by atoms with Crippen molar-refractivity contribution in [2.75, 3.05) is 19.3 Å². The second kappa shape index (κ2) is 6.81. The third kappa shape index (κ3) is 3.75. The number of piperidine rings is 1. The summed E-state index contributed by atoms with van der Waals surface area (Å²) in [6.07, 6.45) is 5.70. The van der Waals surface area contributed by atoms with Crippen LogP contribution in [0.15, 0.2) is 24.3 Å². The van der Waals surface area contributed by atoms with Gasteiger partial charge in [-0.2, -0.15) is 11.8 Å². The highest BCUT2D eigenvalue weighted by molar-refractivity contribution is 7.97. The number of nitrogens with one attached hydrogen (secondary N) is 1. The molecule has 1 aromatic rings. The number of nitrogens with zero attached hydrogens (tertiary/aromatic N) is 1. The summed E-state index contributed by atoms with van der Waals surface area (Å²) in [4.78, 5) is 12.0. The fraction of sp³-hybridized carbons (Fsp3) is 0.500. The Hall–Kier alpha value is -1.00. The Balaban J connectivity index is 1.91. The van der Waals surface area contributed by atoms with Crippen LogP contribution in [0.25, 0.3) is 0 Å². The molecule has 1 amide bonds. The standard InChI is InChI=1S/C14H20N2OS/c1-18-11-12-5-7-13(8-6-12)14(17)15-16-9-3-2-4-10-16/h5-8H,2-4,9-11H2,1H3,(H,15,17). The highest BCUT2D eigenvalue weighted by Crippen LogP contribution is 2.11. The molecular formula is C14H20N2OS. The van der Waals surface area contributed by atoms with E-state index < -0.39 is 0 Å². The summed E-state index contributed by atoms with van der Waals surface area (Å²) in [7, 11) is 0. The maximum Gasteiger partial charge on any atom is 0.265 e. The summed E-state index contributed by atoms with van der Waals surface area (Å²) in [6.45, 7) is 1.94. The molecule has 1 fully saturated rings. The zero-order valence-electron chi connectivity index (χ0n) is 10.8. The second-order valence-corrected chi connectivity index (χ2v) is 5.48. The highest BCUT2D eigenvalue weighted by Gasteiger charge is 2.13. The van der Waals surface area contributed by atoms with Crippen LogP contribution < -0.4 is 5.43 Å². The molecule has 1 aromatic carbocycles. The first kappa shape index (κ1) is 13.4. The van der Waals surface area contributed by atoms with Crippen LogP contribution in [0.3, 0.4) is 0 Å². The van der Waals surface area contributed by atoms with Gasteiger partial charge >= 0.3 is 0 Å². The van der Waals surface area contributed by atoms with Gasteiger partial charge in [-0.25, -0.2) is 5.01 Å². The van der Waals surface area contributed by atoms with Crippen molar-refractivity contribution in [1.29, 1.82) is 0 Å². The zero-order valence-corrected chi connectivity index (χ0v) is 11.6. The first-order valence-corrected chi connectivity index (χ1v) is 7.83. The molecule has 0 radical (unpaired) electrons. The third-order valence-electron chi connectivity index (χ3n) is 3.14. The first-order chi connectivity index (χ1) is 8.79. The largest absolute Gasteiger partial charge is 0.285 e. The molecule has 0 spiro atoms. The van der Waals surface area contributed by atoms with Crippen LogP contribution in [0.4, 0.5) is 0 Å². The number of amides is 1. The fourth-order valence-corrected chi connectivity index (χ4v) is 2.66. The van der Waals surface area contributed by atoms with Crippen molar-refractivity contribution in [3.05, 3.63) is 35.4 Å². The molecule has 1 heterocycles. The van der Waals surface area contributed by atoms with Crippen molar-refractivity contribution >= 4 is 17.7 Å². The quantitative estimate of drug-likeness (QED) is 0.907. The minimum atomic E-state index is 0.00704. The summed E-state index contributed by atoms with van der Waals surface area (Å²) in [5.41, 5.74) is 4.98. The molecule has 3 nitrogen and oxygen atoms in total. The molecule has 98 valence electrons. The molecule has 0 aliphatic carbocycles. The van der Waals surface area contributed by atoms with Crippen molar-refractivity contribution in [2.24, 2.45) is 0 Å². The van der Waals surface area contributed by atoms with E-state index in [9.17, 15) is 4.79 Å². The number of carbonyl (C=O) groups excluding carboxylic acids is 1. The summed E-state index contributed by atoms with van der Waals surface area (Å²) < 4.78 is 0. The lowest BCUT2D eigenvalue weighted by Crippen LogP contribution is -2.45. The lowest BCUT2D eigenvalue weighted by molar-refractivity contribution is 0.0750. The Morgan fingerprint density at radius 3 is 2.50 bits per heavy atom. The Morgan fingerprint density at radius 1 is 1.22 bits per heavy atom. The predicted molar refractivity (Wildman–Crippen MR) is 76.6 cm³/mol. The van der Waals surface area contributed by atoms with Crippen molar-refractivity contribution in [1.82, 2.24) is 10.4 Å². The Bertz CT molecular complexity index is 385. The topological polar surface area (TPSA) is 32.3 Å². The van der Waals surface area contributed by atoms with E-state index in [2.05, 4.69) is 11.7 Å². The number of hydrogen-bond donors (Lipinski definition) is 1. The van der Waals surface area contributed by atoms with Crippen LogP contribution in [-0.4, -0.2) is 30.3 Å². The van der Waals surface area contributed by atoms with Gasteiger partial charge in [-0.3, -0.25) is 10.2 Å². The Morgan fingerprint density at radius 2 is 1.89 bits per heavy atom. The molecule has 2 rings (SSSR count). The van der Waals surface area contributed by atoms with E-state index in [-0.39, 0.29) is 5.91 Å². The van der Waals surface area contributed by atoms with Crippen LogP contribution in [0.2, 0.25) is 0 Å². The van der Waals surface area contributed by atoms with Crippen LogP contribution in [-0.2, 0) is 5.75 Å². The minimum absolute atomic E-state index is 0.00704. The van der Waals surface area contributed by atoms with Crippen molar-refractivity contribution in [3.63, 3.8) is 0 Å². The first-order valence-electron chi connectivity index (χ1n) is 6.43. The van der Waals surface area contributed by atoms with E-state index in [0.717, 1.165) is 24.4 Å². The third-order valence-corrected chi connectivity index (χ3v) is 3.76. The lowest BCUT2D eigenvalue weighted by Gasteiger charge is -2.26. The average molecular weight is 264 g/mol. The molecule has 1 aliphatic heterocycles. The zero-order chi connectivity index (χ0) is 12.8. The molecular weight excluding hydrogens is 244 g/mol. The average Bonchev–Trinajstić information content (AvgIpc) is 2.41.